The Hall–Kier alpha value is -1.52. The number of carbonyl (C=O) groups is 1. The van der Waals surface area contributed by atoms with Gasteiger partial charge < -0.3 is 15.0 Å². The Balaban J connectivity index is 2.34. The van der Waals surface area contributed by atoms with E-state index in [0.717, 1.165) is 31.0 Å². The van der Waals surface area contributed by atoms with Crippen molar-refractivity contribution in [2.45, 2.75) is 58.4 Å². The number of hydrogen-bond donors (Lipinski definition) is 1. The molecule has 5 nitrogen and oxygen atoms in total. The van der Waals surface area contributed by atoms with Gasteiger partial charge >= 0.3 is 5.97 Å². The van der Waals surface area contributed by atoms with Gasteiger partial charge in [-0.3, -0.25) is 0 Å². The van der Waals surface area contributed by atoms with Crippen LogP contribution in [0, 0.1) is 5.92 Å². The molecule has 1 aromatic rings. The zero-order chi connectivity index (χ0) is 14.7. The maximum absolute atomic E-state index is 11.7. The fraction of sp³-hybridized carbons (Fsp3) is 0.733. The molecule has 20 heavy (non-hydrogen) atoms. The molecule has 2 unspecified atom stereocenters. The van der Waals surface area contributed by atoms with E-state index in [1.807, 2.05) is 6.92 Å². The number of anilines is 1. The normalized spacial score (nSPS) is 22.8. The molecule has 1 aromatic heterocycles. The number of ether oxygens (including phenoxy) is 1. The van der Waals surface area contributed by atoms with E-state index in [2.05, 4.69) is 16.5 Å². The van der Waals surface area contributed by atoms with Crippen LogP contribution in [0.1, 0.15) is 68.3 Å². The number of nitrogen functional groups attached to an aromatic ring is 1. The number of imidazole rings is 1. The Morgan fingerprint density at radius 1 is 1.45 bits per heavy atom. The second-order valence-corrected chi connectivity index (χ2v) is 5.57. The monoisotopic (exact) mass is 279 g/mol. The molecule has 1 fully saturated rings. The Bertz CT molecular complexity index is 482. The van der Waals surface area contributed by atoms with Crippen molar-refractivity contribution in [3.63, 3.8) is 0 Å². The number of aromatic nitrogens is 2. The van der Waals surface area contributed by atoms with Crippen LogP contribution in [0.2, 0.25) is 0 Å². The third-order valence-corrected chi connectivity index (χ3v) is 4.41. The third-order valence-electron chi connectivity index (χ3n) is 4.41. The summed E-state index contributed by atoms with van der Waals surface area (Å²) < 4.78 is 6.84. The predicted molar refractivity (Wildman–Crippen MR) is 78.6 cm³/mol. The number of hydrogen-bond acceptors (Lipinski definition) is 4. The number of nitrogens with zero attached hydrogens (tertiary/aromatic N) is 2. The van der Waals surface area contributed by atoms with Crippen molar-refractivity contribution in [1.29, 1.82) is 0 Å². The van der Waals surface area contributed by atoms with Crippen LogP contribution >= 0.6 is 0 Å². The summed E-state index contributed by atoms with van der Waals surface area (Å²) in [6.45, 7) is 4.28. The van der Waals surface area contributed by atoms with E-state index in [9.17, 15) is 4.79 Å². The molecule has 5 heteroatoms. The van der Waals surface area contributed by atoms with Gasteiger partial charge in [-0.15, -0.1) is 0 Å². The number of methoxy groups -OCH3 is 1. The summed E-state index contributed by atoms with van der Waals surface area (Å²) in [4.78, 5) is 16.1. The van der Waals surface area contributed by atoms with Gasteiger partial charge in [0.25, 0.3) is 0 Å². The lowest BCUT2D eigenvalue weighted by molar-refractivity contribution is 0.0595. The summed E-state index contributed by atoms with van der Waals surface area (Å²) in [5, 5.41) is 0. The second-order valence-electron chi connectivity index (χ2n) is 5.57. The predicted octanol–water partition coefficient (Wildman–Crippen LogP) is 2.96. The van der Waals surface area contributed by atoms with Crippen molar-refractivity contribution in [3.8, 4) is 0 Å². The van der Waals surface area contributed by atoms with E-state index in [4.69, 9.17) is 10.5 Å². The van der Waals surface area contributed by atoms with E-state index in [0.29, 0.717) is 11.9 Å². The third kappa shape index (κ3) is 2.67. The summed E-state index contributed by atoms with van der Waals surface area (Å²) >= 11 is 0. The van der Waals surface area contributed by atoms with E-state index >= 15 is 0 Å². The molecule has 0 spiro atoms. The highest BCUT2D eigenvalue weighted by molar-refractivity contribution is 5.92. The Labute approximate surface area is 120 Å². The second kappa shape index (κ2) is 6.29. The highest BCUT2D eigenvalue weighted by atomic mass is 16.5. The van der Waals surface area contributed by atoms with Gasteiger partial charge in [-0.1, -0.05) is 33.1 Å². The molecule has 2 N–H and O–H groups in total. The fourth-order valence-corrected chi connectivity index (χ4v) is 3.26. The minimum Gasteiger partial charge on any atom is -0.464 e. The maximum atomic E-state index is 11.7. The van der Waals surface area contributed by atoms with Gasteiger partial charge in [0.2, 0.25) is 0 Å². The molecule has 0 amide bonds. The van der Waals surface area contributed by atoms with Crippen LogP contribution in [0.15, 0.2) is 0 Å². The average Bonchev–Trinajstić information content (AvgIpc) is 2.83. The van der Waals surface area contributed by atoms with Crippen LogP contribution in [-0.2, 0) is 11.2 Å². The zero-order valence-corrected chi connectivity index (χ0v) is 12.7. The lowest BCUT2D eigenvalue weighted by Crippen LogP contribution is -2.22. The van der Waals surface area contributed by atoms with Crippen molar-refractivity contribution in [3.05, 3.63) is 11.5 Å². The van der Waals surface area contributed by atoms with Gasteiger partial charge in [-0.05, 0) is 18.8 Å². The van der Waals surface area contributed by atoms with Gasteiger partial charge in [0.15, 0.2) is 5.69 Å². The largest absolute Gasteiger partial charge is 0.464 e. The molecule has 2 atom stereocenters. The summed E-state index contributed by atoms with van der Waals surface area (Å²) in [7, 11) is 1.36. The molecule has 112 valence electrons. The molecule has 0 aromatic carbocycles. The van der Waals surface area contributed by atoms with Crippen LogP contribution in [0.4, 0.5) is 5.82 Å². The minimum atomic E-state index is -0.446. The van der Waals surface area contributed by atoms with Crippen molar-refractivity contribution in [2.24, 2.45) is 5.92 Å². The molecule has 0 bridgehead atoms. The first-order valence-electron chi connectivity index (χ1n) is 7.57. The molecule has 0 radical (unpaired) electrons. The zero-order valence-electron chi connectivity index (χ0n) is 12.7. The summed E-state index contributed by atoms with van der Waals surface area (Å²) in [6, 6.07) is 0.370. The van der Waals surface area contributed by atoms with Crippen molar-refractivity contribution < 1.29 is 9.53 Å². The highest BCUT2D eigenvalue weighted by Crippen LogP contribution is 2.37. The highest BCUT2D eigenvalue weighted by Gasteiger charge is 2.28. The summed E-state index contributed by atoms with van der Waals surface area (Å²) in [5.41, 5.74) is 6.44. The molecule has 0 aliphatic heterocycles. The Morgan fingerprint density at radius 3 is 2.80 bits per heavy atom. The van der Waals surface area contributed by atoms with Gasteiger partial charge in [-0.25, -0.2) is 9.78 Å². The van der Waals surface area contributed by atoms with Gasteiger partial charge in [0.1, 0.15) is 11.6 Å². The minimum absolute atomic E-state index is 0.267. The van der Waals surface area contributed by atoms with Gasteiger partial charge in [-0.2, -0.15) is 0 Å². The number of aryl methyl sites for hydroxylation is 1. The van der Waals surface area contributed by atoms with Crippen LogP contribution in [0.25, 0.3) is 0 Å². The van der Waals surface area contributed by atoms with Crippen LogP contribution in [0.5, 0.6) is 0 Å². The standard InChI is InChI=1S/C15H25N3O2/c1-4-10-7-6-8-11(9-10)18-12(5-2)17-13(14(18)16)15(19)20-3/h10-11H,4-9,16H2,1-3H3. The molecule has 2 rings (SSSR count). The van der Waals surface area contributed by atoms with E-state index in [-0.39, 0.29) is 5.69 Å². The lowest BCUT2D eigenvalue weighted by Gasteiger charge is -2.31. The van der Waals surface area contributed by atoms with Gasteiger partial charge in [0.05, 0.1) is 7.11 Å². The van der Waals surface area contributed by atoms with Crippen molar-refractivity contribution >= 4 is 11.8 Å². The van der Waals surface area contributed by atoms with E-state index < -0.39 is 5.97 Å². The van der Waals surface area contributed by atoms with E-state index in [1.54, 1.807) is 0 Å². The Kier molecular flexibility index (Phi) is 4.68. The maximum Gasteiger partial charge on any atom is 0.360 e. The number of nitrogens with two attached hydrogens (primary N) is 1. The lowest BCUT2D eigenvalue weighted by atomic mass is 9.84. The van der Waals surface area contributed by atoms with Crippen molar-refractivity contribution in [2.75, 3.05) is 12.8 Å². The quantitative estimate of drug-likeness (QED) is 0.860. The van der Waals surface area contributed by atoms with Gasteiger partial charge in [0, 0.05) is 12.5 Å². The first kappa shape index (κ1) is 14.9. The number of esters is 1. The van der Waals surface area contributed by atoms with E-state index in [1.165, 1.54) is 26.4 Å². The van der Waals surface area contributed by atoms with Crippen LogP contribution < -0.4 is 5.73 Å². The average molecular weight is 279 g/mol. The molecule has 1 aliphatic rings. The first-order valence-corrected chi connectivity index (χ1v) is 7.57. The topological polar surface area (TPSA) is 70.1 Å². The fourth-order valence-electron chi connectivity index (χ4n) is 3.26. The summed E-state index contributed by atoms with van der Waals surface area (Å²) in [5.74, 6) is 1.67. The van der Waals surface area contributed by atoms with Crippen molar-refractivity contribution in [1.82, 2.24) is 9.55 Å². The molecule has 1 aliphatic carbocycles. The smallest absolute Gasteiger partial charge is 0.360 e. The summed E-state index contributed by atoms with van der Waals surface area (Å²) in [6.07, 6.45) is 6.74. The Morgan fingerprint density at radius 2 is 2.20 bits per heavy atom. The number of rotatable bonds is 4. The van der Waals surface area contributed by atoms with Crippen LogP contribution in [0.3, 0.4) is 0 Å². The van der Waals surface area contributed by atoms with Crippen LogP contribution in [-0.4, -0.2) is 22.6 Å². The molecular formula is C15H25N3O2. The molecular weight excluding hydrogens is 254 g/mol. The SMILES string of the molecule is CCc1nc(C(=O)OC)c(N)n1C1CCCC(CC)C1. The molecule has 0 saturated heterocycles. The molecule has 1 heterocycles. The molecule has 1 saturated carbocycles. The first-order chi connectivity index (χ1) is 9.62. The number of carbonyl (C=O) groups excluding carboxylic acids is 1.